The van der Waals surface area contributed by atoms with Gasteiger partial charge in [-0.05, 0) is 51.4 Å². The molecule has 3 unspecified atom stereocenters. The molecule has 3 N–H and O–H groups in total. The van der Waals surface area contributed by atoms with E-state index in [1.807, 2.05) is 27.2 Å². The highest BCUT2D eigenvalue weighted by atomic mass is 31.2. The molecule has 0 rings (SSSR count). The summed E-state index contributed by atoms with van der Waals surface area (Å²) < 4.78 is 23.8. The van der Waals surface area contributed by atoms with Crippen LogP contribution in [-0.2, 0) is 18.4 Å². The van der Waals surface area contributed by atoms with Crippen molar-refractivity contribution in [1.29, 1.82) is 0 Å². The number of phosphoric ester groups is 1. The Kier molecular flexibility index (Phi) is 64.2. The number of hydrogen-bond donors (Lipinski definition) is 3. The van der Waals surface area contributed by atoms with Gasteiger partial charge in [-0.2, -0.15) is 0 Å². The highest BCUT2D eigenvalue weighted by Crippen LogP contribution is 2.43. The summed E-state index contributed by atoms with van der Waals surface area (Å²) in [7, 11) is 1.59. The maximum absolute atomic E-state index is 13.1. The first-order chi connectivity index (χ1) is 40.5. The molecule has 9 heteroatoms. The highest BCUT2D eigenvalue weighted by molar-refractivity contribution is 7.47. The number of quaternary nitrogens is 1. The predicted molar refractivity (Wildman–Crippen MR) is 365 cm³/mol. The fourth-order valence-corrected chi connectivity index (χ4v) is 12.1. The van der Waals surface area contributed by atoms with E-state index in [-0.39, 0.29) is 19.1 Å². The molecule has 3 atom stereocenters. The summed E-state index contributed by atoms with van der Waals surface area (Å²) in [5.41, 5.74) is 0. The lowest BCUT2D eigenvalue weighted by molar-refractivity contribution is -0.870. The number of rotatable bonds is 69. The largest absolute Gasteiger partial charge is 0.472 e. The Labute approximate surface area is 518 Å². The Morgan fingerprint density at radius 1 is 0.410 bits per heavy atom. The van der Waals surface area contributed by atoms with Gasteiger partial charge in [0, 0.05) is 6.42 Å². The molecule has 83 heavy (non-hydrogen) atoms. The van der Waals surface area contributed by atoms with Crippen molar-refractivity contribution < 1.29 is 32.9 Å². The van der Waals surface area contributed by atoms with E-state index >= 15 is 0 Å². The van der Waals surface area contributed by atoms with Crippen LogP contribution in [0.15, 0.2) is 36.5 Å². The first-order valence-corrected chi connectivity index (χ1v) is 38.4. The zero-order valence-corrected chi connectivity index (χ0v) is 57.4. The van der Waals surface area contributed by atoms with Gasteiger partial charge < -0.3 is 19.8 Å². The van der Waals surface area contributed by atoms with Crippen molar-refractivity contribution in [2.24, 2.45) is 0 Å². The summed E-state index contributed by atoms with van der Waals surface area (Å²) in [5.74, 6) is -0.168. The van der Waals surface area contributed by atoms with E-state index in [0.717, 1.165) is 38.5 Å². The third-order valence-electron chi connectivity index (χ3n) is 17.1. The standard InChI is InChI=1S/C74H145N2O6P/c1-6-8-10-12-14-16-18-20-22-24-26-28-30-31-32-33-34-35-36-37-38-39-40-41-42-43-44-45-46-48-50-52-54-56-58-60-62-64-66-68-74(78)75-72(71-82-83(79,80)81-70-69-76(3,4)5)73(77)67-65-63-61-59-57-55-53-51-49-47-29-27-25-23-21-19-17-15-13-11-9-7-2/h18,20,24,26,65,67,72-73,77H,6-17,19,21-23,25,27-64,66,68-71H2,1-5H3,(H-,75,78,79,80)/p+1/b20-18-,26-24-,67-65+. The van der Waals surface area contributed by atoms with E-state index < -0.39 is 20.0 Å². The van der Waals surface area contributed by atoms with E-state index in [1.165, 1.54) is 321 Å². The third kappa shape index (κ3) is 68.1. The lowest BCUT2D eigenvalue weighted by Crippen LogP contribution is -2.45. The number of aliphatic hydroxyl groups is 1. The number of amides is 1. The normalized spacial score (nSPS) is 13.8. The van der Waals surface area contributed by atoms with Crippen LogP contribution in [0.2, 0.25) is 0 Å². The minimum Gasteiger partial charge on any atom is -0.387 e. The molecule has 0 aromatic rings. The molecule has 0 aromatic carbocycles. The Hall–Kier alpha value is -1.28. The van der Waals surface area contributed by atoms with Crippen molar-refractivity contribution in [2.75, 3.05) is 40.9 Å². The van der Waals surface area contributed by atoms with Crippen LogP contribution in [0, 0.1) is 0 Å². The monoisotopic (exact) mass is 1190 g/mol. The van der Waals surface area contributed by atoms with E-state index in [1.54, 1.807) is 6.08 Å². The van der Waals surface area contributed by atoms with E-state index in [9.17, 15) is 19.4 Å². The lowest BCUT2D eigenvalue weighted by atomic mass is 10.0. The molecule has 0 heterocycles. The summed E-state index contributed by atoms with van der Waals surface area (Å²) in [6.45, 7) is 4.86. The van der Waals surface area contributed by atoms with Gasteiger partial charge in [0.25, 0.3) is 0 Å². The maximum Gasteiger partial charge on any atom is 0.472 e. The number of likely N-dealkylation sites (N-methyl/N-ethyl adjacent to an activating group) is 1. The second-order valence-electron chi connectivity index (χ2n) is 26.7. The van der Waals surface area contributed by atoms with Crippen molar-refractivity contribution in [1.82, 2.24) is 5.32 Å². The van der Waals surface area contributed by atoms with Gasteiger partial charge in [0.1, 0.15) is 13.2 Å². The molecule has 492 valence electrons. The number of nitrogens with one attached hydrogen (secondary N) is 1. The number of allylic oxidation sites excluding steroid dienone is 5. The van der Waals surface area contributed by atoms with Crippen LogP contribution in [0.4, 0.5) is 0 Å². The van der Waals surface area contributed by atoms with Crippen LogP contribution < -0.4 is 5.32 Å². The second-order valence-corrected chi connectivity index (χ2v) is 28.1. The van der Waals surface area contributed by atoms with Gasteiger partial charge in [-0.1, -0.05) is 359 Å². The fourth-order valence-electron chi connectivity index (χ4n) is 11.4. The smallest absolute Gasteiger partial charge is 0.387 e. The molecular formula is C74H146N2O6P+. The molecule has 0 radical (unpaired) electrons. The van der Waals surface area contributed by atoms with Gasteiger partial charge in [-0.25, -0.2) is 4.57 Å². The fraction of sp³-hybridized carbons (Fsp3) is 0.905. The second kappa shape index (κ2) is 65.2. The predicted octanol–water partition coefficient (Wildman–Crippen LogP) is 23.6. The Morgan fingerprint density at radius 3 is 0.988 bits per heavy atom. The number of carbonyl (C=O) groups excluding carboxylic acids is 1. The van der Waals surface area contributed by atoms with E-state index in [0.29, 0.717) is 17.4 Å². The molecule has 8 nitrogen and oxygen atoms in total. The Bertz CT molecular complexity index is 1450. The topological polar surface area (TPSA) is 105 Å². The van der Waals surface area contributed by atoms with Gasteiger partial charge >= 0.3 is 7.82 Å². The van der Waals surface area contributed by atoms with Gasteiger partial charge in [-0.15, -0.1) is 0 Å². The molecule has 0 saturated carbocycles. The quantitative estimate of drug-likeness (QED) is 0.0243. The van der Waals surface area contributed by atoms with E-state index in [4.69, 9.17) is 9.05 Å². The molecule has 0 fully saturated rings. The van der Waals surface area contributed by atoms with Crippen LogP contribution in [0.5, 0.6) is 0 Å². The average Bonchev–Trinajstić information content (AvgIpc) is 3.50. The van der Waals surface area contributed by atoms with Crippen molar-refractivity contribution in [3.63, 3.8) is 0 Å². The third-order valence-corrected chi connectivity index (χ3v) is 18.1. The number of unbranched alkanes of at least 4 members (excludes halogenated alkanes) is 52. The SMILES string of the molecule is CCCCCCC/C=C\C/C=C\CCCCCCCCCCCCCCCCCCCCCCCCCCCCCC(=O)NC(COP(=O)(O)OCC[N+](C)(C)C)C(O)/C=C/CCCCCCCCCCCCCCCCCCCCCC. The summed E-state index contributed by atoms with van der Waals surface area (Å²) >= 11 is 0. The minimum absolute atomic E-state index is 0.0642. The maximum atomic E-state index is 13.1. The van der Waals surface area contributed by atoms with Crippen LogP contribution in [0.3, 0.4) is 0 Å². The molecule has 1 amide bonds. The number of phosphoric acid groups is 1. The first kappa shape index (κ1) is 81.7. The molecule has 0 aliphatic carbocycles. The number of nitrogens with zero attached hydrogens (tertiary/aromatic N) is 1. The van der Waals surface area contributed by atoms with Crippen molar-refractivity contribution >= 4 is 13.7 Å². The van der Waals surface area contributed by atoms with Crippen molar-refractivity contribution in [3.05, 3.63) is 36.5 Å². The lowest BCUT2D eigenvalue weighted by Gasteiger charge is -2.25. The van der Waals surface area contributed by atoms with Crippen LogP contribution >= 0.6 is 7.82 Å². The molecule has 0 aliphatic heterocycles. The number of aliphatic hydroxyl groups excluding tert-OH is 1. The van der Waals surface area contributed by atoms with Gasteiger partial charge in [0.15, 0.2) is 0 Å². The van der Waals surface area contributed by atoms with Gasteiger partial charge in [0.2, 0.25) is 5.91 Å². The Morgan fingerprint density at radius 2 is 0.687 bits per heavy atom. The van der Waals surface area contributed by atoms with Crippen LogP contribution in [0.1, 0.15) is 380 Å². The summed E-state index contributed by atoms with van der Waals surface area (Å²) in [6.07, 6.45) is 87.4. The molecule has 0 bridgehead atoms. The van der Waals surface area contributed by atoms with Crippen LogP contribution in [-0.4, -0.2) is 73.4 Å². The van der Waals surface area contributed by atoms with Gasteiger partial charge in [0.05, 0.1) is 39.9 Å². The first-order valence-electron chi connectivity index (χ1n) is 36.9. The van der Waals surface area contributed by atoms with Crippen molar-refractivity contribution in [2.45, 2.75) is 392 Å². The van der Waals surface area contributed by atoms with Gasteiger partial charge in [-0.3, -0.25) is 13.8 Å². The number of carbonyl (C=O) groups is 1. The molecule has 0 aliphatic rings. The minimum atomic E-state index is -4.35. The van der Waals surface area contributed by atoms with Crippen molar-refractivity contribution in [3.8, 4) is 0 Å². The zero-order valence-electron chi connectivity index (χ0n) is 56.5. The summed E-state index contributed by atoms with van der Waals surface area (Å²) in [5, 5.41) is 14.0. The molecule has 0 aromatic heterocycles. The molecule has 0 saturated heterocycles. The van der Waals surface area contributed by atoms with Crippen LogP contribution in [0.25, 0.3) is 0 Å². The highest BCUT2D eigenvalue weighted by Gasteiger charge is 2.28. The number of hydrogen-bond acceptors (Lipinski definition) is 5. The summed E-state index contributed by atoms with van der Waals surface area (Å²) in [6, 6.07) is -0.845. The summed E-state index contributed by atoms with van der Waals surface area (Å²) in [4.78, 5) is 23.4. The molecular weight excluding hydrogens is 1040 g/mol. The zero-order chi connectivity index (χ0) is 60.5. The van der Waals surface area contributed by atoms with E-state index in [2.05, 4.69) is 43.5 Å². The molecule has 0 spiro atoms. The average molecular weight is 1190 g/mol. The Balaban J connectivity index is 3.92.